The van der Waals surface area contributed by atoms with Gasteiger partial charge >= 0.3 is 12.2 Å². The van der Waals surface area contributed by atoms with Crippen LogP contribution in [0.25, 0.3) is 0 Å². The Balaban J connectivity index is 2.43. The summed E-state index contributed by atoms with van der Waals surface area (Å²) in [4.78, 5) is 17.5. The van der Waals surface area contributed by atoms with Crippen LogP contribution in [-0.2, 0) is 6.18 Å². The van der Waals surface area contributed by atoms with Crippen LogP contribution in [0.5, 0.6) is 0 Å². The van der Waals surface area contributed by atoms with E-state index in [0.717, 1.165) is 6.07 Å². The zero-order valence-electron chi connectivity index (χ0n) is 8.48. The van der Waals surface area contributed by atoms with E-state index in [0.29, 0.717) is 0 Å². The Morgan fingerprint density at radius 1 is 1.06 bits per heavy atom. The molecule has 0 fully saturated rings. The minimum atomic E-state index is -4.43. The first-order valence-electron chi connectivity index (χ1n) is 4.77. The Hall–Kier alpha value is -1.98. The van der Waals surface area contributed by atoms with E-state index < -0.39 is 23.7 Å². The van der Waals surface area contributed by atoms with Crippen molar-refractivity contribution in [2.24, 2.45) is 9.98 Å². The van der Waals surface area contributed by atoms with Gasteiger partial charge in [-0.3, -0.25) is 0 Å². The van der Waals surface area contributed by atoms with Crippen LogP contribution in [0.15, 0.2) is 34.3 Å². The quantitative estimate of drug-likeness (QED) is 0.743. The van der Waals surface area contributed by atoms with Gasteiger partial charge in [-0.25, -0.2) is 14.8 Å². The maximum Gasteiger partial charge on any atom is 0.416 e. The van der Waals surface area contributed by atoms with Crippen molar-refractivity contribution in [2.75, 3.05) is 0 Å². The standard InChI is InChI=1S/C11H7F3N2O/c12-11(13,14)9-4-2-1-3-8(9)7-5-15-10(17)16-6-7/h1-7H. The van der Waals surface area contributed by atoms with Crippen LogP contribution in [0, 0.1) is 0 Å². The molecule has 88 valence electrons. The van der Waals surface area contributed by atoms with Crippen LogP contribution in [0.1, 0.15) is 17.0 Å². The maximum absolute atomic E-state index is 12.7. The van der Waals surface area contributed by atoms with E-state index in [1.165, 1.54) is 30.6 Å². The lowest BCUT2D eigenvalue weighted by molar-refractivity contribution is -0.138. The highest BCUT2D eigenvalue weighted by molar-refractivity contribution is 6.04. The molecule has 0 atom stereocenters. The molecule has 2 rings (SSSR count). The zero-order valence-corrected chi connectivity index (χ0v) is 8.48. The minimum absolute atomic E-state index is 0.0417. The number of alkyl halides is 3. The van der Waals surface area contributed by atoms with E-state index in [-0.39, 0.29) is 5.56 Å². The number of urea groups is 1. The van der Waals surface area contributed by atoms with Crippen molar-refractivity contribution in [1.82, 2.24) is 0 Å². The summed E-state index contributed by atoms with van der Waals surface area (Å²) in [6, 6.07) is 4.46. The second-order valence-electron chi connectivity index (χ2n) is 3.45. The molecule has 0 bridgehead atoms. The predicted octanol–water partition coefficient (Wildman–Crippen LogP) is 3.06. The van der Waals surface area contributed by atoms with Crippen molar-refractivity contribution in [3.8, 4) is 0 Å². The molecule has 17 heavy (non-hydrogen) atoms. The Bertz CT molecular complexity index is 490. The lowest BCUT2D eigenvalue weighted by Crippen LogP contribution is -2.15. The average molecular weight is 240 g/mol. The number of amides is 2. The predicted molar refractivity (Wildman–Crippen MR) is 56.6 cm³/mol. The lowest BCUT2D eigenvalue weighted by Gasteiger charge is -2.16. The Morgan fingerprint density at radius 2 is 1.65 bits per heavy atom. The second kappa shape index (κ2) is 4.12. The molecule has 3 nitrogen and oxygen atoms in total. The molecule has 0 aliphatic carbocycles. The molecule has 6 heteroatoms. The molecule has 0 aromatic heterocycles. The van der Waals surface area contributed by atoms with Crippen molar-refractivity contribution < 1.29 is 18.0 Å². The van der Waals surface area contributed by atoms with Crippen molar-refractivity contribution in [3.63, 3.8) is 0 Å². The molecule has 0 saturated carbocycles. The SMILES string of the molecule is O=C1N=CC(c2ccccc2C(F)(F)F)C=N1. The van der Waals surface area contributed by atoms with Crippen LogP contribution in [0.3, 0.4) is 0 Å². The van der Waals surface area contributed by atoms with E-state index in [1.54, 1.807) is 0 Å². The zero-order chi connectivity index (χ0) is 12.5. The van der Waals surface area contributed by atoms with Gasteiger partial charge in [0.15, 0.2) is 0 Å². The first-order valence-corrected chi connectivity index (χ1v) is 4.77. The van der Waals surface area contributed by atoms with Gasteiger partial charge in [-0.15, -0.1) is 0 Å². The number of hydrogen-bond donors (Lipinski definition) is 0. The summed E-state index contributed by atoms with van der Waals surface area (Å²) in [5, 5.41) is 0. The highest BCUT2D eigenvalue weighted by atomic mass is 19.4. The average Bonchev–Trinajstić information content (AvgIpc) is 2.29. The second-order valence-corrected chi connectivity index (χ2v) is 3.45. The first-order chi connectivity index (χ1) is 7.98. The lowest BCUT2D eigenvalue weighted by atomic mass is 9.95. The molecular weight excluding hydrogens is 233 g/mol. The molecule has 2 amide bonds. The van der Waals surface area contributed by atoms with Gasteiger partial charge in [-0.2, -0.15) is 13.2 Å². The van der Waals surface area contributed by atoms with Crippen molar-refractivity contribution >= 4 is 18.5 Å². The van der Waals surface area contributed by atoms with Gasteiger partial charge < -0.3 is 0 Å². The summed E-state index contributed by atoms with van der Waals surface area (Å²) in [5.74, 6) is -0.717. The highest BCUT2D eigenvalue weighted by Gasteiger charge is 2.34. The summed E-state index contributed by atoms with van der Waals surface area (Å²) in [7, 11) is 0. The normalized spacial score (nSPS) is 16.5. The molecule has 0 radical (unpaired) electrons. The molecular formula is C11H7F3N2O. The number of rotatable bonds is 1. The number of benzene rings is 1. The largest absolute Gasteiger partial charge is 0.416 e. The van der Waals surface area contributed by atoms with Crippen LogP contribution in [0.4, 0.5) is 18.0 Å². The summed E-state index contributed by atoms with van der Waals surface area (Å²) in [5.41, 5.74) is -0.697. The van der Waals surface area contributed by atoms with E-state index >= 15 is 0 Å². The fourth-order valence-electron chi connectivity index (χ4n) is 1.57. The molecule has 0 N–H and O–H groups in total. The number of halogens is 3. The molecule has 1 aliphatic heterocycles. The first kappa shape index (κ1) is 11.5. The fraction of sp³-hybridized carbons (Fsp3) is 0.182. The molecule has 0 unspecified atom stereocenters. The van der Waals surface area contributed by atoms with Gasteiger partial charge in [0.1, 0.15) is 0 Å². The minimum Gasteiger partial charge on any atom is -0.244 e. The number of nitrogens with zero attached hydrogens (tertiary/aromatic N) is 2. The van der Waals surface area contributed by atoms with Gasteiger partial charge in [0.2, 0.25) is 0 Å². The molecule has 1 heterocycles. The summed E-state index contributed by atoms with van der Waals surface area (Å²) in [6.07, 6.45) is -2.10. The van der Waals surface area contributed by atoms with Crippen molar-refractivity contribution in [3.05, 3.63) is 35.4 Å². The molecule has 0 saturated heterocycles. The van der Waals surface area contributed by atoms with E-state index in [4.69, 9.17) is 0 Å². The third-order valence-corrected chi connectivity index (χ3v) is 2.32. The van der Waals surface area contributed by atoms with Gasteiger partial charge in [-0.1, -0.05) is 18.2 Å². The van der Waals surface area contributed by atoms with Gasteiger partial charge in [-0.05, 0) is 11.6 Å². The maximum atomic E-state index is 12.7. The Kier molecular flexibility index (Phi) is 2.79. The van der Waals surface area contributed by atoms with Gasteiger partial charge in [0.25, 0.3) is 0 Å². The van der Waals surface area contributed by atoms with Crippen LogP contribution in [0.2, 0.25) is 0 Å². The molecule has 1 aromatic rings. The van der Waals surface area contributed by atoms with E-state index in [2.05, 4.69) is 9.98 Å². The van der Waals surface area contributed by atoms with Gasteiger partial charge in [0.05, 0.1) is 11.5 Å². The van der Waals surface area contributed by atoms with Crippen LogP contribution < -0.4 is 0 Å². The summed E-state index contributed by atoms with van der Waals surface area (Å²) < 4.78 is 38.2. The van der Waals surface area contributed by atoms with E-state index in [1.807, 2.05) is 0 Å². The van der Waals surface area contributed by atoms with Crippen LogP contribution >= 0.6 is 0 Å². The topological polar surface area (TPSA) is 41.8 Å². The van der Waals surface area contributed by atoms with E-state index in [9.17, 15) is 18.0 Å². The molecule has 0 spiro atoms. The molecule has 1 aliphatic rings. The van der Waals surface area contributed by atoms with Crippen molar-refractivity contribution in [2.45, 2.75) is 12.1 Å². The van der Waals surface area contributed by atoms with Crippen LogP contribution in [-0.4, -0.2) is 18.5 Å². The highest BCUT2D eigenvalue weighted by Crippen LogP contribution is 2.34. The molecule has 1 aromatic carbocycles. The fourth-order valence-corrected chi connectivity index (χ4v) is 1.57. The van der Waals surface area contributed by atoms with Crippen molar-refractivity contribution in [1.29, 1.82) is 0 Å². The number of carbonyl (C=O) groups excluding carboxylic acids is 1. The Labute approximate surface area is 94.7 Å². The monoisotopic (exact) mass is 240 g/mol. The van der Waals surface area contributed by atoms with Gasteiger partial charge in [0, 0.05) is 12.4 Å². The Morgan fingerprint density at radius 3 is 2.24 bits per heavy atom. The third-order valence-electron chi connectivity index (χ3n) is 2.32. The summed E-state index contributed by atoms with van der Waals surface area (Å²) >= 11 is 0. The number of aliphatic imine (C=N–C) groups is 2. The number of hydrogen-bond acceptors (Lipinski definition) is 1. The summed E-state index contributed by atoms with van der Waals surface area (Å²) in [6.45, 7) is 0. The third kappa shape index (κ3) is 2.41. The number of carbonyl (C=O) groups is 1. The smallest absolute Gasteiger partial charge is 0.244 e.